The third-order valence-electron chi connectivity index (χ3n) is 7.40. The molecule has 2 aromatic heterocycles. The summed E-state index contributed by atoms with van der Waals surface area (Å²) in [6, 6.07) is 11.1. The summed E-state index contributed by atoms with van der Waals surface area (Å²) >= 11 is 0. The van der Waals surface area contributed by atoms with Crippen LogP contribution in [-0.4, -0.2) is 56.9 Å². The van der Waals surface area contributed by atoms with Crippen LogP contribution in [0.3, 0.4) is 0 Å². The number of rotatable bonds is 3. The molecule has 7 nitrogen and oxygen atoms in total. The maximum absolute atomic E-state index is 13.8. The van der Waals surface area contributed by atoms with Crippen molar-refractivity contribution in [3.63, 3.8) is 0 Å². The molecule has 3 aromatic rings. The summed E-state index contributed by atoms with van der Waals surface area (Å²) in [5.74, 6) is 0.499. The van der Waals surface area contributed by atoms with Gasteiger partial charge in [-0.1, -0.05) is 6.07 Å². The van der Waals surface area contributed by atoms with E-state index in [1.54, 1.807) is 9.69 Å². The summed E-state index contributed by atoms with van der Waals surface area (Å²) in [6.07, 6.45) is 4.01. The number of piperidine rings is 1. The normalized spacial score (nSPS) is 22.1. The summed E-state index contributed by atoms with van der Waals surface area (Å²) in [4.78, 5) is 20.7. The van der Waals surface area contributed by atoms with Gasteiger partial charge < -0.3 is 4.90 Å². The Morgan fingerprint density at radius 1 is 1.00 bits per heavy atom. The Morgan fingerprint density at radius 3 is 2.44 bits per heavy atom. The maximum Gasteiger partial charge on any atom is 0.245 e. The smallest absolute Gasteiger partial charge is 0.245 e. The molecule has 9 heteroatoms. The quantitative estimate of drug-likeness (QED) is 0.592. The number of hydrogen-bond donors (Lipinski definition) is 0. The van der Waals surface area contributed by atoms with Gasteiger partial charge in [0, 0.05) is 38.4 Å². The second-order valence-corrected chi connectivity index (χ2v) is 9.57. The highest BCUT2D eigenvalue weighted by atomic mass is 19.1. The third kappa shape index (κ3) is 3.46. The van der Waals surface area contributed by atoms with Crippen LogP contribution in [0.1, 0.15) is 36.6 Å². The van der Waals surface area contributed by atoms with E-state index in [-0.39, 0.29) is 11.9 Å². The Labute approximate surface area is 196 Å². The average molecular weight is 465 g/mol. The topological polar surface area (TPSA) is 57.5 Å². The van der Waals surface area contributed by atoms with Crippen LogP contribution in [0.2, 0.25) is 0 Å². The molecule has 1 spiro atoms. The van der Waals surface area contributed by atoms with Crippen LogP contribution in [0.25, 0.3) is 5.82 Å². The molecular formula is C25H26F2N6O. The van der Waals surface area contributed by atoms with E-state index >= 15 is 0 Å². The number of pyridine rings is 1. The number of benzene rings is 1. The van der Waals surface area contributed by atoms with Crippen LogP contribution >= 0.6 is 0 Å². The lowest BCUT2D eigenvalue weighted by molar-refractivity contribution is -0.143. The first-order chi connectivity index (χ1) is 16.4. The summed E-state index contributed by atoms with van der Waals surface area (Å²) in [6.45, 7) is 4.77. The van der Waals surface area contributed by atoms with Crippen molar-refractivity contribution >= 4 is 11.7 Å². The molecule has 3 aliphatic heterocycles. The summed E-state index contributed by atoms with van der Waals surface area (Å²) in [5.41, 5.74) is 0.997. The average Bonchev–Trinajstić information content (AvgIpc) is 3.50. The molecule has 34 heavy (non-hydrogen) atoms. The van der Waals surface area contributed by atoms with E-state index < -0.39 is 17.0 Å². The highest BCUT2D eigenvalue weighted by Crippen LogP contribution is 2.47. The molecular weight excluding hydrogens is 438 g/mol. The number of halogens is 2. The fourth-order valence-corrected chi connectivity index (χ4v) is 5.65. The van der Waals surface area contributed by atoms with Gasteiger partial charge in [0.2, 0.25) is 5.91 Å². The molecule has 0 N–H and O–H groups in total. The van der Waals surface area contributed by atoms with E-state index in [1.165, 1.54) is 12.1 Å². The molecule has 176 valence electrons. The van der Waals surface area contributed by atoms with Crippen molar-refractivity contribution in [3.8, 4) is 5.82 Å². The molecule has 3 fully saturated rings. The standard InChI is InChI=1S/C25H26F2N6O/c1-17-5-10-32(29-17)23-4-2-3-22(28-23)30-11-7-25(8-12-30)16-31-9-6-21(33(31)24(25)34)18-13-19(26)15-20(27)14-18/h2-5,10,13-15,21H,6-9,11-12,16H2,1H3/t21-/m0/s1. The first-order valence-corrected chi connectivity index (χ1v) is 11.7. The largest absolute Gasteiger partial charge is 0.356 e. The van der Waals surface area contributed by atoms with E-state index in [0.717, 1.165) is 49.3 Å². The molecule has 0 bridgehead atoms. The predicted octanol–water partition coefficient (Wildman–Crippen LogP) is 3.64. The van der Waals surface area contributed by atoms with Crippen molar-refractivity contribution < 1.29 is 13.6 Å². The zero-order valence-electron chi connectivity index (χ0n) is 19.0. The van der Waals surface area contributed by atoms with Gasteiger partial charge in [0.1, 0.15) is 17.5 Å². The van der Waals surface area contributed by atoms with Crippen molar-refractivity contribution in [3.05, 3.63) is 71.6 Å². The minimum Gasteiger partial charge on any atom is -0.356 e. The molecule has 1 aromatic carbocycles. The van der Waals surface area contributed by atoms with Gasteiger partial charge in [-0.05, 0) is 62.1 Å². The SMILES string of the molecule is Cc1ccn(-c2cccc(N3CCC4(CC3)CN3CC[C@@H](c5cc(F)cc(F)c5)N3C4=O)n2)n1. The highest BCUT2D eigenvalue weighted by Gasteiger charge is 2.56. The van der Waals surface area contributed by atoms with E-state index in [9.17, 15) is 13.6 Å². The van der Waals surface area contributed by atoms with Crippen LogP contribution in [0.4, 0.5) is 14.6 Å². The lowest BCUT2D eigenvalue weighted by Crippen LogP contribution is -2.46. The van der Waals surface area contributed by atoms with Crippen LogP contribution in [0, 0.1) is 24.0 Å². The van der Waals surface area contributed by atoms with Crippen molar-refractivity contribution in [2.75, 3.05) is 31.1 Å². The summed E-state index contributed by atoms with van der Waals surface area (Å²) < 4.78 is 29.4. The van der Waals surface area contributed by atoms with Gasteiger partial charge in [0.15, 0.2) is 5.82 Å². The van der Waals surface area contributed by atoms with Gasteiger partial charge in [-0.3, -0.25) is 9.80 Å². The number of carbonyl (C=O) groups excluding carboxylic acids is 1. The molecule has 1 amide bonds. The van der Waals surface area contributed by atoms with E-state index in [1.807, 2.05) is 37.4 Å². The fourth-order valence-electron chi connectivity index (χ4n) is 5.65. The molecule has 6 rings (SSSR count). The molecule has 5 heterocycles. The predicted molar refractivity (Wildman–Crippen MR) is 122 cm³/mol. The molecule has 3 aliphatic rings. The minimum absolute atomic E-state index is 0.0769. The maximum atomic E-state index is 13.8. The fraction of sp³-hybridized carbons (Fsp3) is 0.400. The Hall–Kier alpha value is -3.33. The van der Waals surface area contributed by atoms with E-state index in [2.05, 4.69) is 15.0 Å². The number of fused-ring (bicyclic) bond motifs is 1. The van der Waals surface area contributed by atoms with Gasteiger partial charge in [-0.15, -0.1) is 0 Å². The number of amides is 1. The molecule has 3 saturated heterocycles. The van der Waals surface area contributed by atoms with Crippen LogP contribution < -0.4 is 4.90 Å². The van der Waals surface area contributed by atoms with Gasteiger partial charge in [0.05, 0.1) is 17.2 Å². The zero-order chi connectivity index (χ0) is 23.4. The molecule has 0 radical (unpaired) electrons. The minimum atomic E-state index is -0.608. The molecule has 1 atom stereocenters. The molecule has 0 saturated carbocycles. The monoisotopic (exact) mass is 464 g/mol. The van der Waals surface area contributed by atoms with Crippen molar-refractivity contribution in [1.29, 1.82) is 0 Å². The molecule has 0 unspecified atom stereocenters. The lowest BCUT2D eigenvalue weighted by atomic mass is 9.77. The number of anilines is 1. The Kier molecular flexibility index (Phi) is 4.91. The number of hydrogen-bond acceptors (Lipinski definition) is 5. The van der Waals surface area contributed by atoms with Crippen LogP contribution in [0.15, 0.2) is 48.7 Å². The summed E-state index contributed by atoms with van der Waals surface area (Å²) in [5, 5.41) is 8.28. The number of nitrogens with zero attached hydrogens (tertiary/aromatic N) is 6. The second kappa shape index (κ2) is 7.87. The van der Waals surface area contributed by atoms with E-state index in [0.29, 0.717) is 25.1 Å². The van der Waals surface area contributed by atoms with Crippen LogP contribution in [0.5, 0.6) is 0 Å². The number of aromatic nitrogens is 3. The zero-order valence-corrected chi connectivity index (χ0v) is 19.0. The number of aryl methyl sites for hydroxylation is 1. The van der Waals surface area contributed by atoms with E-state index in [4.69, 9.17) is 4.98 Å². The van der Waals surface area contributed by atoms with Gasteiger partial charge in [0.25, 0.3) is 0 Å². The Bertz CT molecular complexity index is 1230. The Balaban J connectivity index is 1.19. The summed E-state index contributed by atoms with van der Waals surface area (Å²) in [7, 11) is 0. The highest BCUT2D eigenvalue weighted by molar-refractivity contribution is 5.85. The first-order valence-electron chi connectivity index (χ1n) is 11.7. The Morgan fingerprint density at radius 2 is 1.74 bits per heavy atom. The van der Waals surface area contributed by atoms with Crippen molar-refractivity contribution in [2.45, 2.75) is 32.2 Å². The first kappa shape index (κ1) is 21.2. The second-order valence-electron chi connectivity index (χ2n) is 9.57. The van der Waals surface area contributed by atoms with Gasteiger partial charge in [-0.25, -0.2) is 23.5 Å². The van der Waals surface area contributed by atoms with Gasteiger partial charge in [-0.2, -0.15) is 5.10 Å². The molecule has 0 aliphatic carbocycles. The van der Waals surface area contributed by atoms with Crippen LogP contribution in [-0.2, 0) is 4.79 Å². The van der Waals surface area contributed by atoms with Crippen molar-refractivity contribution in [2.24, 2.45) is 5.41 Å². The number of hydrazine groups is 1. The lowest BCUT2D eigenvalue weighted by Gasteiger charge is -2.38. The van der Waals surface area contributed by atoms with Crippen molar-refractivity contribution in [1.82, 2.24) is 24.8 Å². The third-order valence-corrected chi connectivity index (χ3v) is 7.40. The van der Waals surface area contributed by atoms with Gasteiger partial charge >= 0.3 is 0 Å². The number of carbonyl (C=O) groups is 1.